The van der Waals surface area contributed by atoms with Crippen LogP contribution in [0.25, 0.3) is 0 Å². The lowest BCUT2D eigenvalue weighted by atomic mass is 10.2. The third-order valence-corrected chi connectivity index (χ3v) is 3.79. The van der Waals surface area contributed by atoms with Crippen LogP contribution in [0.15, 0.2) is 18.2 Å². The second kappa shape index (κ2) is 6.59. The number of nitrogens with zero attached hydrogens (tertiary/aromatic N) is 1. The number of hydrogen-bond acceptors (Lipinski definition) is 4. The number of nitriles is 1. The molecule has 0 saturated heterocycles. The summed E-state index contributed by atoms with van der Waals surface area (Å²) in [5.41, 5.74) is 0.649. The molecule has 0 amide bonds. The highest BCUT2D eigenvalue weighted by molar-refractivity contribution is 7.92. The molecule has 0 aliphatic carbocycles. The van der Waals surface area contributed by atoms with E-state index >= 15 is 0 Å². The highest BCUT2D eigenvalue weighted by atomic mass is 35.5. The molecule has 0 fully saturated rings. The summed E-state index contributed by atoms with van der Waals surface area (Å²) in [6, 6.07) is 6.30. The monoisotopic (exact) mass is 288 g/mol. The summed E-state index contributed by atoms with van der Waals surface area (Å²) < 4.78 is 30.5. The number of ether oxygens (including phenoxy) is 1. The number of nitrogens with one attached hydrogen (secondary N) is 1. The Bertz CT molecular complexity index is 552. The normalized spacial score (nSPS) is 10.9. The highest BCUT2D eigenvalue weighted by Crippen LogP contribution is 2.23. The second-order valence-electron chi connectivity index (χ2n) is 3.57. The van der Waals surface area contributed by atoms with E-state index in [4.69, 9.17) is 21.6 Å². The molecule has 0 spiro atoms. The molecule has 18 heavy (non-hydrogen) atoms. The van der Waals surface area contributed by atoms with Gasteiger partial charge in [-0.15, -0.1) is 0 Å². The summed E-state index contributed by atoms with van der Waals surface area (Å²) in [5, 5.41) is 8.87. The summed E-state index contributed by atoms with van der Waals surface area (Å²) in [6.07, 6.45) is 0.403. The zero-order chi connectivity index (χ0) is 13.6. The van der Waals surface area contributed by atoms with E-state index < -0.39 is 10.0 Å². The molecule has 0 bridgehead atoms. The second-order valence-corrected chi connectivity index (χ2v) is 5.82. The van der Waals surface area contributed by atoms with Gasteiger partial charge in [0.2, 0.25) is 10.0 Å². The Hall–Kier alpha value is -1.29. The van der Waals surface area contributed by atoms with Crippen LogP contribution < -0.4 is 4.72 Å². The molecule has 0 saturated carbocycles. The van der Waals surface area contributed by atoms with Crippen molar-refractivity contribution in [3.63, 3.8) is 0 Å². The molecule has 0 radical (unpaired) electrons. The molecular weight excluding hydrogens is 276 g/mol. The minimum Gasteiger partial charge on any atom is -0.385 e. The first kappa shape index (κ1) is 14.8. The Balaban J connectivity index is 2.75. The smallest absolute Gasteiger partial charge is 0.232 e. The quantitative estimate of drug-likeness (QED) is 0.812. The summed E-state index contributed by atoms with van der Waals surface area (Å²) >= 11 is 5.87. The van der Waals surface area contributed by atoms with Crippen LogP contribution in [0.2, 0.25) is 5.02 Å². The maximum atomic E-state index is 11.7. The van der Waals surface area contributed by atoms with E-state index in [1.165, 1.54) is 25.3 Å². The predicted octanol–water partition coefficient (Wildman–Crippen LogP) is 1.99. The van der Waals surface area contributed by atoms with Gasteiger partial charge in [0.1, 0.15) is 0 Å². The maximum Gasteiger partial charge on any atom is 0.232 e. The van der Waals surface area contributed by atoms with E-state index in [1.807, 2.05) is 6.07 Å². The lowest BCUT2D eigenvalue weighted by Crippen LogP contribution is -2.18. The lowest BCUT2D eigenvalue weighted by molar-refractivity contribution is 0.199. The van der Waals surface area contributed by atoms with Gasteiger partial charge in [0.15, 0.2) is 0 Å². The molecule has 1 rings (SSSR count). The van der Waals surface area contributed by atoms with Crippen molar-refractivity contribution in [2.24, 2.45) is 0 Å². The van der Waals surface area contributed by atoms with Crippen molar-refractivity contribution in [3.8, 4) is 6.07 Å². The summed E-state index contributed by atoms with van der Waals surface area (Å²) in [5.74, 6) is -0.0445. The Labute approximate surface area is 111 Å². The molecule has 0 atom stereocenters. The number of rotatable bonds is 6. The van der Waals surface area contributed by atoms with E-state index in [1.54, 1.807) is 0 Å². The van der Waals surface area contributed by atoms with Crippen LogP contribution in [0.3, 0.4) is 0 Å². The van der Waals surface area contributed by atoms with Crippen LogP contribution in [0.4, 0.5) is 5.69 Å². The topological polar surface area (TPSA) is 79.2 Å². The summed E-state index contributed by atoms with van der Waals surface area (Å²) in [6.45, 7) is 0.377. The Morgan fingerprint density at radius 3 is 2.78 bits per heavy atom. The van der Waals surface area contributed by atoms with Gasteiger partial charge in [-0.2, -0.15) is 5.26 Å². The fraction of sp³-hybridized carbons (Fsp3) is 0.364. The first-order valence-corrected chi connectivity index (χ1v) is 7.20. The molecule has 7 heteroatoms. The van der Waals surface area contributed by atoms with Crippen molar-refractivity contribution in [2.45, 2.75) is 6.42 Å². The lowest BCUT2D eigenvalue weighted by Gasteiger charge is -2.09. The average Bonchev–Trinajstić information content (AvgIpc) is 2.31. The van der Waals surface area contributed by atoms with Gasteiger partial charge in [-0.3, -0.25) is 4.72 Å². The first-order chi connectivity index (χ1) is 8.48. The molecule has 1 aromatic carbocycles. The van der Waals surface area contributed by atoms with E-state index in [2.05, 4.69) is 4.72 Å². The van der Waals surface area contributed by atoms with Crippen LogP contribution in [-0.4, -0.2) is 27.9 Å². The third kappa shape index (κ3) is 4.53. The molecule has 0 heterocycles. The van der Waals surface area contributed by atoms with Crippen LogP contribution in [-0.2, 0) is 14.8 Å². The Kier molecular flexibility index (Phi) is 5.41. The molecule has 5 nitrogen and oxygen atoms in total. The molecule has 0 aliphatic rings. The number of anilines is 1. The van der Waals surface area contributed by atoms with Gasteiger partial charge in [-0.25, -0.2) is 8.42 Å². The van der Waals surface area contributed by atoms with Crippen molar-refractivity contribution >= 4 is 27.3 Å². The van der Waals surface area contributed by atoms with E-state index in [0.717, 1.165) is 0 Å². The summed E-state index contributed by atoms with van der Waals surface area (Å²) in [4.78, 5) is 0. The van der Waals surface area contributed by atoms with E-state index in [-0.39, 0.29) is 16.5 Å². The zero-order valence-electron chi connectivity index (χ0n) is 9.81. The standard InChI is InChI=1S/C11H13ClN2O3S/c1-17-5-2-6-18(15,16)14-11-4-3-9(8-13)7-10(11)12/h3-4,7,14H,2,5-6H2,1H3. The van der Waals surface area contributed by atoms with Gasteiger partial charge in [0.05, 0.1) is 28.1 Å². The fourth-order valence-electron chi connectivity index (χ4n) is 1.28. The summed E-state index contributed by atoms with van der Waals surface area (Å²) in [7, 11) is -1.93. The van der Waals surface area contributed by atoms with Crippen molar-refractivity contribution < 1.29 is 13.2 Å². The number of hydrogen-bond donors (Lipinski definition) is 1. The van der Waals surface area contributed by atoms with Crippen molar-refractivity contribution in [1.29, 1.82) is 5.26 Å². The average molecular weight is 289 g/mol. The third-order valence-electron chi connectivity index (χ3n) is 2.13. The highest BCUT2D eigenvalue weighted by Gasteiger charge is 2.12. The minimum atomic E-state index is -3.45. The molecular formula is C11H13ClN2O3S. The van der Waals surface area contributed by atoms with Gasteiger partial charge >= 0.3 is 0 Å². The van der Waals surface area contributed by atoms with Crippen molar-refractivity contribution in [3.05, 3.63) is 28.8 Å². The number of sulfonamides is 1. The molecule has 98 valence electrons. The molecule has 0 aromatic heterocycles. The molecule has 1 N–H and O–H groups in total. The Morgan fingerprint density at radius 1 is 1.50 bits per heavy atom. The van der Waals surface area contributed by atoms with Gasteiger partial charge in [0, 0.05) is 13.7 Å². The predicted molar refractivity (Wildman–Crippen MR) is 70.1 cm³/mol. The van der Waals surface area contributed by atoms with E-state index in [0.29, 0.717) is 18.6 Å². The Morgan fingerprint density at radius 2 is 2.22 bits per heavy atom. The van der Waals surface area contributed by atoms with Gasteiger partial charge in [-0.05, 0) is 24.6 Å². The van der Waals surface area contributed by atoms with Crippen LogP contribution in [0, 0.1) is 11.3 Å². The van der Waals surface area contributed by atoms with Crippen molar-refractivity contribution in [2.75, 3.05) is 24.2 Å². The van der Waals surface area contributed by atoms with E-state index in [9.17, 15) is 8.42 Å². The fourth-order valence-corrected chi connectivity index (χ4v) is 2.68. The largest absolute Gasteiger partial charge is 0.385 e. The molecule has 0 aliphatic heterocycles. The SMILES string of the molecule is COCCCS(=O)(=O)Nc1ccc(C#N)cc1Cl. The number of benzene rings is 1. The van der Waals surface area contributed by atoms with Gasteiger partial charge in [-0.1, -0.05) is 11.6 Å². The molecule has 0 unspecified atom stereocenters. The zero-order valence-corrected chi connectivity index (χ0v) is 11.4. The van der Waals surface area contributed by atoms with Crippen molar-refractivity contribution in [1.82, 2.24) is 0 Å². The van der Waals surface area contributed by atoms with Gasteiger partial charge in [0.25, 0.3) is 0 Å². The minimum absolute atomic E-state index is 0.0445. The number of halogens is 1. The van der Waals surface area contributed by atoms with Gasteiger partial charge < -0.3 is 4.74 Å². The first-order valence-electron chi connectivity index (χ1n) is 5.17. The van der Waals surface area contributed by atoms with Crippen LogP contribution >= 0.6 is 11.6 Å². The number of methoxy groups -OCH3 is 1. The van der Waals surface area contributed by atoms with Crippen LogP contribution in [0.1, 0.15) is 12.0 Å². The van der Waals surface area contributed by atoms with Crippen LogP contribution in [0.5, 0.6) is 0 Å². The molecule has 1 aromatic rings. The maximum absolute atomic E-state index is 11.7.